The van der Waals surface area contributed by atoms with Gasteiger partial charge in [-0.3, -0.25) is 9.59 Å². The zero-order chi connectivity index (χ0) is 82.1. The van der Waals surface area contributed by atoms with Crippen LogP contribution in [0.1, 0.15) is 139 Å². The zero-order valence-electron chi connectivity index (χ0n) is 63.9. The molecule has 4 aromatic carbocycles. The number of nitrogens with two attached hydrogens (primary N) is 2. The van der Waals surface area contributed by atoms with Gasteiger partial charge in [0.2, 0.25) is 0 Å². The number of halogens is 1. The maximum absolute atomic E-state index is 13.2. The fourth-order valence-electron chi connectivity index (χ4n) is 9.08. The molecular weight excluding hydrogens is 1470 g/mol. The predicted molar refractivity (Wildman–Crippen MR) is 420 cm³/mol. The van der Waals surface area contributed by atoms with Gasteiger partial charge in [0.15, 0.2) is 23.2 Å². The summed E-state index contributed by atoms with van der Waals surface area (Å²) < 4.78 is 22.0. The second kappa shape index (κ2) is 43.0. The van der Waals surface area contributed by atoms with Crippen LogP contribution in [0.15, 0.2) is 157 Å². The number of aliphatic hydroxyl groups is 4. The Morgan fingerprint density at radius 2 is 0.882 bits per heavy atom. The molecule has 578 valence electrons. The summed E-state index contributed by atoms with van der Waals surface area (Å²) >= 11 is 2.89. The summed E-state index contributed by atoms with van der Waals surface area (Å²) in [7, 11) is 0. The number of imide groups is 2. The summed E-state index contributed by atoms with van der Waals surface area (Å²) in [5.41, 5.74) is 15.6. The largest absolute Gasteiger partial charge is 0.443 e. The van der Waals surface area contributed by atoms with Gasteiger partial charge < -0.3 is 50.8 Å². The van der Waals surface area contributed by atoms with E-state index < -0.39 is 71.7 Å². The number of aliphatic hydroxyl groups excluding tert-OH is 4. The molecule has 30 heteroatoms. The van der Waals surface area contributed by atoms with E-state index in [9.17, 15) is 44.2 Å². The maximum atomic E-state index is 13.2. The number of allylic oxidation sites excluding steroid dienone is 1. The summed E-state index contributed by atoms with van der Waals surface area (Å²) in [6, 6.07) is 42.5. The van der Waals surface area contributed by atoms with Gasteiger partial charge in [-0.2, -0.15) is 25.6 Å². The average molecular weight is 1570 g/mol. The molecule has 0 spiro atoms. The Hall–Kier alpha value is -12.1. The van der Waals surface area contributed by atoms with Crippen molar-refractivity contribution in [1.82, 2.24) is 39.9 Å². The number of rotatable bonds is 18. The Labute approximate surface area is 648 Å². The molecule has 4 aromatic heterocycles. The number of hydrogen-bond acceptors (Lipinski definition) is 27. The molecule has 1 atom stereocenters. The molecule has 0 aliphatic heterocycles. The van der Waals surface area contributed by atoms with Gasteiger partial charge in [-0.1, -0.05) is 137 Å². The normalized spacial score (nSPS) is 11.6. The van der Waals surface area contributed by atoms with Crippen LogP contribution < -0.4 is 21.3 Å². The lowest BCUT2D eigenvalue weighted by molar-refractivity contribution is -0.123. The third-order valence-corrected chi connectivity index (χ3v) is 14.1. The predicted octanol–water partition coefficient (Wildman–Crippen LogP) is 13.7. The van der Waals surface area contributed by atoms with Crippen LogP contribution in [0.25, 0.3) is 56.7 Å². The number of nitrogen functional groups attached to an aromatic ring is 2. The fourth-order valence-corrected chi connectivity index (χ4v) is 9.08. The van der Waals surface area contributed by atoms with Crippen molar-refractivity contribution >= 4 is 86.3 Å². The van der Waals surface area contributed by atoms with Gasteiger partial charge in [-0.05, 0) is 114 Å². The number of alkyl halides is 1. The van der Waals surface area contributed by atoms with E-state index >= 15 is 0 Å². The van der Waals surface area contributed by atoms with E-state index in [1.165, 1.54) is 24.8 Å². The number of Topliss-reactive ketones (excluding diaryl/α,β-unsaturated/α-hetero) is 2. The Morgan fingerprint density at radius 3 is 1.25 bits per heavy atom. The van der Waals surface area contributed by atoms with Crippen LogP contribution in [0.2, 0.25) is 0 Å². The number of carbonyl (C=O) groups excluding carboxylic acids is 6. The smallest absolute Gasteiger partial charge is 0.424 e. The van der Waals surface area contributed by atoms with Gasteiger partial charge in [-0.25, -0.2) is 59.0 Å². The highest BCUT2D eigenvalue weighted by atomic mass is 79.9. The average Bonchev–Trinajstić information content (AvgIpc) is 0.780. The monoisotopic (exact) mass is 1570 g/mol. The molecular formula is C80H92BrN15O14. The second-order valence-corrected chi connectivity index (χ2v) is 28.2. The number of benzene rings is 4. The lowest BCUT2D eigenvalue weighted by atomic mass is 9.99. The van der Waals surface area contributed by atoms with Crippen molar-refractivity contribution in [2.24, 2.45) is 0 Å². The van der Waals surface area contributed by atoms with Crippen molar-refractivity contribution in [2.45, 2.75) is 145 Å². The SMILES string of the molecule is C/C(=C\c1ncc(N(C(=O)OC(C)(C)C)C(=O)OC(C)(C)C)c(-c2ccccc2)n1)CO.C/C(CO)=C(/CC#N)c1ncc(N(C(=O)OC(C)(C)C)C(=O)OC(C)(C)C)c(-c2ccccc2)n1.N#CCBr.N#CCC(C(=O)CO)c1ncc(N)c(-c2ccccc2)n1.Nc1cnc(CC(=O)CO)nc1-c1ccccc1. The molecule has 4 heterocycles. The molecule has 8 rings (SSSR count). The van der Waals surface area contributed by atoms with Crippen LogP contribution in [0.5, 0.6) is 0 Å². The number of ketones is 2. The molecule has 0 aliphatic carbocycles. The number of nitrogens with zero attached hydrogens (tertiary/aromatic N) is 13. The lowest BCUT2D eigenvalue weighted by Gasteiger charge is -2.29. The van der Waals surface area contributed by atoms with Crippen LogP contribution in [0, 0.1) is 34.0 Å². The molecule has 29 nitrogen and oxygen atoms in total. The van der Waals surface area contributed by atoms with Gasteiger partial charge in [0.25, 0.3) is 0 Å². The minimum atomic E-state index is -0.945. The van der Waals surface area contributed by atoms with Crippen molar-refractivity contribution in [1.29, 1.82) is 15.8 Å². The topological polar surface area (TPSA) is 453 Å². The lowest BCUT2D eigenvalue weighted by Crippen LogP contribution is -2.44. The Bertz CT molecular complexity index is 4560. The molecule has 110 heavy (non-hydrogen) atoms. The van der Waals surface area contributed by atoms with Crippen LogP contribution in [-0.4, -0.2) is 150 Å². The van der Waals surface area contributed by atoms with Crippen LogP contribution in [0.4, 0.5) is 41.9 Å². The summed E-state index contributed by atoms with van der Waals surface area (Å²) in [5, 5.41) is 62.8. The van der Waals surface area contributed by atoms with Crippen molar-refractivity contribution in [2.75, 3.05) is 53.0 Å². The molecule has 0 bridgehead atoms. The fraction of sp³-hybridized carbons (Fsp3) is 0.338. The van der Waals surface area contributed by atoms with Crippen LogP contribution >= 0.6 is 15.9 Å². The first kappa shape index (κ1) is 90.3. The van der Waals surface area contributed by atoms with E-state index in [0.29, 0.717) is 73.3 Å². The first-order chi connectivity index (χ1) is 51.9. The van der Waals surface area contributed by atoms with Crippen molar-refractivity contribution < 1.29 is 68.1 Å². The Balaban J connectivity index is 0.000000313. The first-order valence-electron chi connectivity index (χ1n) is 34.1. The molecule has 0 aliphatic rings. The zero-order valence-corrected chi connectivity index (χ0v) is 65.5. The van der Waals surface area contributed by atoms with E-state index in [4.69, 9.17) is 51.2 Å². The second-order valence-electron chi connectivity index (χ2n) is 27.7. The van der Waals surface area contributed by atoms with Gasteiger partial charge >= 0.3 is 24.4 Å². The quantitative estimate of drug-likeness (QED) is 0.0343. The van der Waals surface area contributed by atoms with Crippen LogP contribution in [0.3, 0.4) is 0 Å². The highest BCUT2D eigenvalue weighted by molar-refractivity contribution is 9.09. The number of anilines is 4. The number of ether oxygens (including phenoxy) is 4. The minimum Gasteiger partial charge on any atom is -0.443 e. The Morgan fingerprint density at radius 1 is 0.491 bits per heavy atom. The highest BCUT2D eigenvalue weighted by Crippen LogP contribution is 2.36. The van der Waals surface area contributed by atoms with Crippen molar-refractivity contribution in [3.63, 3.8) is 0 Å². The van der Waals surface area contributed by atoms with E-state index in [-0.39, 0.29) is 67.0 Å². The van der Waals surface area contributed by atoms with E-state index in [1.807, 2.05) is 97.1 Å². The molecule has 8 aromatic rings. The number of nitriles is 3. The van der Waals surface area contributed by atoms with Gasteiger partial charge in [0.1, 0.15) is 58.6 Å². The highest BCUT2D eigenvalue weighted by Gasteiger charge is 2.37. The first-order valence-corrected chi connectivity index (χ1v) is 35.2. The van der Waals surface area contributed by atoms with Crippen molar-refractivity contribution in [3.05, 3.63) is 181 Å². The molecule has 8 N–H and O–H groups in total. The third-order valence-electron chi connectivity index (χ3n) is 13.9. The van der Waals surface area contributed by atoms with Crippen molar-refractivity contribution in [3.8, 4) is 63.2 Å². The summed E-state index contributed by atoms with van der Waals surface area (Å²) in [5.74, 6) is -0.561. The molecule has 0 fully saturated rings. The van der Waals surface area contributed by atoms with E-state index in [2.05, 4.69) is 61.9 Å². The summed E-state index contributed by atoms with van der Waals surface area (Å²) in [6.45, 7) is 22.2. The van der Waals surface area contributed by atoms with Gasteiger partial charge in [-0.15, -0.1) is 0 Å². The molecule has 4 amide bonds. The molecule has 0 saturated heterocycles. The number of carbonyl (C=O) groups is 6. The number of amides is 4. The molecule has 0 radical (unpaired) electrons. The Kier molecular flexibility index (Phi) is 35.3. The molecule has 1 unspecified atom stereocenters. The minimum absolute atomic E-state index is 0.0105. The molecule has 0 saturated carbocycles. The van der Waals surface area contributed by atoms with Crippen LogP contribution in [-0.2, 0) is 35.0 Å². The van der Waals surface area contributed by atoms with E-state index in [0.717, 1.165) is 20.9 Å². The summed E-state index contributed by atoms with van der Waals surface area (Å²) in [4.78, 5) is 111. The van der Waals surface area contributed by atoms with Gasteiger partial charge in [0, 0.05) is 27.8 Å². The number of aromatic nitrogens is 8. The van der Waals surface area contributed by atoms with E-state index in [1.54, 1.807) is 139 Å². The van der Waals surface area contributed by atoms with Gasteiger partial charge in [0.05, 0.1) is 121 Å². The summed E-state index contributed by atoms with van der Waals surface area (Å²) in [6.07, 6.45) is 3.43. The third kappa shape index (κ3) is 29.6. The number of hydrogen-bond donors (Lipinski definition) is 6. The standard InChI is InChI=1S/C26H32N4O5.C24H31N3O5.C15H14N4O2.C13H13N3O2.C2H2BrN/c1-17(16-31)19(13-14-27)22-28-15-20(21(29-22)18-11-9-8-10-12-18)30(23(32)34-25(2,3)4)24(33)35-26(5,6)7;1-16(15-28)13-19-25-14-18(20(26-19)17-11-9-8-10-12-17)27(21(29)31-23(2,3)4)22(30)32-24(5,6)7;16-7-6-11(13(21)9-20)15-18-8-12(17)14(19-15)10-4-2-1-3-5-10;14-11-7-15-12(6-10(18)8-17)16-13(11)9-4-2-1-3-5-9;3-1-2-4/h8-12,15,31H,13,16H2,1-7H3;8-14,28H,15H2,1-7H3;1-5,8,11,20H,6,9,17H2;1-5,7,17H,6,8,14H2;1H2/b19-17+;16-13+;;;. The maximum Gasteiger partial charge on any atom is 0.424 e.